The molecule has 0 spiro atoms. The van der Waals surface area contributed by atoms with E-state index in [1.54, 1.807) is 0 Å². The highest BCUT2D eigenvalue weighted by Gasteiger charge is 2.26. The molecular weight excluding hydrogens is 256 g/mol. The van der Waals surface area contributed by atoms with Crippen molar-refractivity contribution in [1.82, 2.24) is 10.2 Å². The van der Waals surface area contributed by atoms with E-state index in [0.29, 0.717) is 18.9 Å². The van der Waals surface area contributed by atoms with Gasteiger partial charge in [0.1, 0.15) is 0 Å². The van der Waals surface area contributed by atoms with Gasteiger partial charge in [-0.05, 0) is 43.9 Å². The molecule has 116 valence electrons. The SMILES string of the molecule is CCN(CC1CC1)C(=O)NCCC(C)(C)CCC(=O)O. The Balaban J connectivity index is 2.23. The molecule has 0 unspecified atom stereocenters. The quantitative estimate of drug-likeness (QED) is 0.684. The predicted molar refractivity (Wildman–Crippen MR) is 78.6 cm³/mol. The van der Waals surface area contributed by atoms with Crippen LogP contribution in [-0.4, -0.2) is 41.6 Å². The van der Waals surface area contributed by atoms with E-state index in [2.05, 4.69) is 5.32 Å². The average molecular weight is 284 g/mol. The predicted octanol–water partition coefficient (Wildman–Crippen LogP) is 2.71. The lowest BCUT2D eigenvalue weighted by Gasteiger charge is -2.26. The summed E-state index contributed by atoms with van der Waals surface area (Å²) in [6.07, 6.45) is 4.10. The molecular formula is C15H28N2O3. The summed E-state index contributed by atoms with van der Waals surface area (Å²) < 4.78 is 0. The van der Waals surface area contributed by atoms with Gasteiger partial charge in [-0.2, -0.15) is 0 Å². The molecule has 1 rings (SSSR count). The van der Waals surface area contributed by atoms with E-state index in [-0.39, 0.29) is 17.9 Å². The Morgan fingerprint density at radius 1 is 1.30 bits per heavy atom. The number of carboxylic acid groups (broad SMARTS) is 1. The zero-order valence-corrected chi connectivity index (χ0v) is 12.9. The van der Waals surface area contributed by atoms with Crippen LogP contribution in [0.15, 0.2) is 0 Å². The molecule has 2 amide bonds. The Morgan fingerprint density at radius 2 is 1.95 bits per heavy atom. The van der Waals surface area contributed by atoms with Gasteiger partial charge in [-0.25, -0.2) is 4.79 Å². The van der Waals surface area contributed by atoms with E-state index >= 15 is 0 Å². The van der Waals surface area contributed by atoms with Crippen LogP contribution in [0, 0.1) is 11.3 Å². The first-order valence-corrected chi connectivity index (χ1v) is 7.58. The van der Waals surface area contributed by atoms with Crippen molar-refractivity contribution in [3.8, 4) is 0 Å². The van der Waals surface area contributed by atoms with Crippen molar-refractivity contribution in [2.75, 3.05) is 19.6 Å². The maximum absolute atomic E-state index is 12.0. The molecule has 0 heterocycles. The van der Waals surface area contributed by atoms with E-state index in [1.165, 1.54) is 12.8 Å². The minimum atomic E-state index is -0.760. The topological polar surface area (TPSA) is 69.6 Å². The lowest BCUT2D eigenvalue weighted by Crippen LogP contribution is -2.42. The summed E-state index contributed by atoms with van der Waals surface area (Å²) in [4.78, 5) is 24.5. The molecule has 2 N–H and O–H groups in total. The normalized spacial score (nSPS) is 14.9. The van der Waals surface area contributed by atoms with E-state index in [0.717, 1.165) is 19.5 Å². The monoisotopic (exact) mass is 284 g/mol. The highest BCUT2D eigenvalue weighted by molar-refractivity contribution is 5.74. The molecule has 0 aromatic heterocycles. The van der Waals surface area contributed by atoms with Crippen LogP contribution in [0.5, 0.6) is 0 Å². The number of carboxylic acids is 1. The van der Waals surface area contributed by atoms with Crippen molar-refractivity contribution in [1.29, 1.82) is 0 Å². The second kappa shape index (κ2) is 7.50. The van der Waals surface area contributed by atoms with Crippen molar-refractivity contribution in [3.63, 3.8) is 0 Å². The molecule has 1 fully saturated rings. The lowest BCUT2D eigenvalue weighted by molar-refractivity contribution is -0.137. The van der Waals surface area contributed by atoms with Gasteiger partial charge in [-0.15, -0.1) is 0 Å². The van der Waals surface area contributed by atoms with Gasteiger partial charge in [0.15, 0.2) is 0 Å². The Hall–Kier alpha value is -1.26. The number of rotatable bonds is 9. The molecule has 0 radical (unpaired) electrons. The summed E-state index contributed by atoms with van der Waals surface area (Å²) in [5, 5.41) is 11.7. The Labute approximate surface area is 121 Å². The number of nitrogens with one attached hydrogen (secondary N) is 1. The fourth-order valence-corrected chi connectivity index (χ4v) is 2.16. The second-order valence-corrected chi connectivity index (χ2v) is 6.52. The summed E-state index contributed by atoms with van der Waals surface area (Å²) in [6, 6.07) is 0.00781. The number of carbonyl (C=O) groups is 2. The standard InChI is InChI=1S/C15H28N2O3/c1-4-17(11-12-5-6-12)14(20)16-10-9-15(2,3)8-7-13(18)19/h12H,4-11H2,1-3H3,(H,16,20)(H,18,19). The number of nitrogens with zero attached hydrogens (tertiary/aromatic N) is 1. The third kappa shape index (κ3) is 6.78. The summed E-state index contributed by atoms with van der Waals surface area (Å²) in [5.74, 6) is -0.0589. The van der Waals surface area contributed by atoms with Crippen LogP contribution in [0.2, 0.25) is 0 Å². The minimum absolute atomic E-state index is 0.00781. The Kier molecular flexibility index (Phi) is 6.30. The van der Waals surface area contributed by atoms with Crippen LogP contribution in [0.25, 0.3) is 0 Å². The number of hydrogen-bond acceptors (Lipinski definition) is 2. The molecule has 5 heteroatoms. The third-order valence-corrected chi connectivity index (χ3v) is 3.94. The smallest absolute Gasteiger partial charge is 0.317 e. The number of carbonyl (C=O) groups excluding carboxylic acids is 1. The van der Waals surface area contributed by atoms with Crippen LogP contribution < -0.4 is 5.32 Å². The first-order chi connectivity index (χ1) is 9.34. The fourth-order valence-electron chi connectivity index (χ4n) is 2.16. The summed E-state index contributed by atoms with van der Waals surface area (Å²) >= 11 is 0. The molecule has 5 nitrogen and oxygen atoms in total. The summed E-state index contributed by atoms with van der Waals surface area (Å²) in [6.45, 7) is 8.30. The number of urea groups is 1. The molecule has 0 saturated heterocycles. The van der Waals surface area contributed by atoms with E-state index < -0.39 is 5.97 Å². The molecule has 0 aliphatic heterocycles. The van der Waals surface area contributed by atoms with Crippen molar-refractivity contribution >= 4 is 12.0 Å². The Morgan fingerprint density at radius 3 is 2.45 bits per heavy atom. The molecule has 20 heavy (non-hydrogen) atoms. The van der Waals surface area contributed by atoms with Gasteiger partial charge >= 0.3 is 12.0 Å². The van der Waals surface area contributed by atoms with Gasteiger partial charge in [-0.1, -0.05) is 13.8 Å². The zero-order chi connectivity index (χ0) is 15.2. The number of amides is 2. The number of aliphatic carboxylic acids is 1. The molecule has 1 saturated carbocycles. The largest absolute Gasteiger partial charge is 0.481 e. The van der Waals surface area contributed by atoms with Crippen LogP contribution in [0.4, 0.5) is 4.79 Å². The maximum atomic E-state index is 12.0. The molecule has 0 aromatic carbocycles. The first kappa shape index (κ1) is 16.8. The summed E-state index contributed by atoms with van der Waals surface area (Å²) in [5.41, 5.74) is -0.0563. The molecule has 1 aliphatic rings. The molecule has 0 atom stereocenters. The van der Waals surface area contributed by atoms with Gasteiger partial charge < -0.3 is 15.3 Å². The minimum Gasteiger partial charge on any atom is -0.481 e. The van der Waals surface area contributed by atoms with E-state index in [1.807, 2.05) is 25.7 Å². The fraction of sp³-hybridized carbons (Fsp3) is 0.867. The van der Waals surface area contributed by atoms with Gasteiger partial charge in [0.25, 0.3) is 0 Å². The lowest BCUT2D eigenvalue weighted by atomic mass is 9.84. The van der Waals surface area contributed by atoms with Crippen LogP contribution in [0.3, 0.4) is 0 Å². The van der Waals surface area contributed by atoms with Crippen molar-refractivity contribution < 1.29 is 14.7 Å². The first-order valence-electron chi connectivity index (χ1n) is 7.58. The maximum Gasteiger partial charge on any atom is 0.317 e. The molecule has 0 aromatic rings. The van der Waals surface area contributed by atoms with Crippen LogP contribution in [-0.2, 0) is 4.79 Å². The second-order valence-electron chi connectivity index (χ2n) is 6.52. The number of hydrogen-bond donors (Lipinski definition) is 2. The average Bonchev–Trinajstić information content (AvgIpc) is 3.17. The van der Waals surface area contributed by atoms with Gasteiger partial charge in [-0.3, -0.25) is 4.79 Å². The zero-order valence-electron chi connectivity index (χ0n) is 12.9. The summed E-state index contributed by atoms with van der Waals surface area (Å²) in [7, 11) is 0. The van der Waals surface area contributed by atoms with Crippen LogP contribution in [0.1, 0.15) is 52.9 Å². The van der Waals surface area contributed by atoms with Crippen molar-refractivity contribution in [2.24, 2.45) is 11.3 Å². The Bertz CT molecular complexity index is 338. The highest BCUT2D eigenvalue weighted by Crippen LogP contribution is 2.29. The molecule has 1 aliphatic carbocycles. The van der Waals surface area contributed by atoms with Crippen LogP contribution >= 0.6 is 0 Å². The van der Waals surface area contributed by atoms with E-state index in [9.17, 15) is 9.59 Å². The van der Waals surface area contributed by atoms with Gasteiger partial charge in [0.05, 0.1) is 0 Å². The van der Waals surface area contributed by atoms with Gasteiger partial charge in [0.2, 0.25) is 0 Å². The van der Waals surface area contributed by atoms with E-state index in [4.69, 9.17) is 5.11 Å². The van der Waals surface area contributed by atoms with Crippen molar-refractivity contribution in [2.45, 2.75) is 52.9 Å². The van der Waals surface area contributed by atoms with Crippen molar-refractivity contribution in [3.05, 3.63) is 0 Å². The third-order valence-electron chi connectivity index (χ3n) is 3.94. The molecule has 0 bridgehead atoms. The van der Waals surface area contributed by atoms with Gasteiger partial charge in [0, 0.05) is 26.1 Å². The highest BCUT2D eigenvalue weighted by atomic mass is 16.4.